The number of ether oxygens (including phenoxy) is 3. The second-order valence-electron chi connectivity index (χ2n) is 10.2. The number of rotatable bonds is 16. The molecule has 0 aliphatic heterocycles. The van der Waals surface area contributed by atoms with E-state index in [0.29, 0.717) is 24.6 Å². The number of aryl methyl sites for hydroxylation is 1. The number of aliphatic hydroxyl groups excluding tert-OH is 1. The zero-order chi connectivity index (χ0) is 29.4. The lowest BCUT2D eigenvalue weighted by molar-refractivity contribution is -0.671. The van der Waals surface area contributed by atoms with Crippen molar-refractivity contribution in [3.63, 3.8) is 0 Å². The smallest absolute Gasteiger partial charge is 0.465 e. The fraction of sp³-hybridized carbons (Fsp3) is 0.741. The molecule has 1 N–H and O–H groups in total. The molecule has 1 heterocycles. The van der Waals surface area contributed by atoms with Crippen LogP contribution < -0.4 is 4.57 Å². The Labute approximate surface area is 229 Å². The van der Waals surface area contributed by atoms with Gasteiger partial charge in [0.05, 0.1) is 24.0 Å². The molecule has 0 aliphatic rings. The molecule has 0 saturated heterocycles. The average Bonchev–Trinajstić information content (AvgIpc) is 2.91. The maximum absolute atomic E-state index is 11.7. The Morgan fingerprint density at radius 3 is 1.74 bits per heavy atom. The van der Waals surface area contributed by atoms with Crippen molar-refractivity contribution >= 4 is 20.7 Å². The highest BCUT2D eigenvalue weighted by molar-refractivity contribution is 6.60. The Balaban J connectivity index is 0.000000726. The first-order valence-electron chi connectivity index (χ1n) is 13.0. The van der Waals surface area contributed by atoms with Gasteiger partial charge in [-0.05, 0) is 47.0 Å². The van der Waals surface area contributed by atoms with Gasteiger partial charge in [-0.15, -0.1) is 0 Å². The van der Waals surface area contributed by atoms with Crippen LogP contribution in [-0.2, 0) is 44.1 Å². The summed E-state index contributed by atoms with van der Waals surface area (Å²) in [6.07, 6.45) is 4.80. The summed E-state index contributed by atoms with van der Waals surface area (Å²) >= 11 is 0. The summed E-state index contributed by atoms with van der Waals surface area (Å²) in [5.74, 6) is -0.408. The van der Waals surface area contributed by atoms with E-state index < -0.39 is 25.9 Å². The summed E-state index contributed by atoms with van der Waals surface area (Å²) in [5.41, 5.74) is -0.228. The Morgan fingerprint density at radius 2 is 1.32 bits per heavy atom. The average molecular weight is 561 g/mol. The highest BCUT2D eigenvalue weighted by atomic mass is 28.4. The van der Waals surface area contributed by atoms with E-state index >= 15 is 0 Å². The molecule has 0 saturated carbocycles. The molecule has 0 aliphatic carbocycles. The van der Waals surface area contributed by atoms with Gasteiger partial charge in [0.15, 0.2) is 18.7 Å². The molecule has 0 bridgehead atoms. The summed E-state index contributed by atoms with van der Waals surface area (Å²) in [7, 11) is 4.08. The van der Waals surface area contributed by atoms with Crippen LogP contribution in [0.5, 0.6) is 0 Å². The third kappa shape index (κ3) is 12.8. The van der Waals surface area contributed by atoms with Crippen LogP contribution in [0.25, 0.3) is 0 Å². The van der Waals surface area contributed by atoms with Gasteiger partial charge >= 0.3 is 20.7 Å². The molecule has 0 amide bonds. The number of esters is 2. The fourth-order valence-electron chi connectivity index (χ4n) is 2.76. The zero-order valence-corrected chi connectivity index (χ0v) is 26.0. The summed E-state index contributed by atoms with van der Waals surface area (Å²) in [6, 6.07) is 4.18. The topological polar surface area (TPSA) is 114 Å². The van der Waals surface area contributed by atoms with Gasteiger partial charge in [0.1, 0.15) is 13.7 Å². The Hall–Kier alpha value is -1.89. The number of pyridine rings is 1. The standard InChI is InChI=1S/C15H24NO4.C12H26O5Si/c1-5-15(2,3)14(18)20-11-10-19-13(17)12-6-8-16(4)9-7-12;1-7-12(2,3)11(13)17-9-8-10-18(14-4,15-5)16-6/h6-9,13,17H,5,10-11H2,1-4H3;7-10H2,1-6H3/q+1;. The first-order valence-corrected chi connectivity index (χ1v) is 14.9. The first-order chi connectivity index (χ1) is 17.7. The van der Waals surface area contributed by atoms with E-state index in [1.165, 1.54) is 0 Å². The van der Waals surface area contributed by atoms with Crippen molar-refractivity contribution in [1.29, 1.82) is 0 Å². The largest absolute Gasteiger partial charge is 0.500 e. The Kier molecular flexibility index (Phi) is 16.8. The lowest BCUT2D eigenvalue weighted by Crippen LogP contribution is -2.42. The molecule has 1 atom stereocenters. The molecule has 0 radical (unpaired) electrons. The Bertz CT molecular complexity index is 803. The van der Waals surface area contributed by atoms with Gasteiger partial charge in [0, 0.05) is 45.1 Å². The summed E-state index contributed by atoms with van der Waals surface area (Å²) in [5, 5.41) is 9.81. The predicted octanol–water partition coefficient (Wildman–Crippen LogP) is 3.73. The summed E-state index contributed by atoms with van der Waals surface area (Å²) in [4.78, 5) is 23.4. The molecule has 10 nitrogen and oxygen atoms in total. The molecular formula is C27H50NO9Si+. The van der Waals surface area contributed by atoms with Crippen LogP contribution in [0.2, 0.25) is 6.04 Å². The second-order valence-corrected chi connectivity index (χ2v) is 13.3. The Morgan fingerprint density at radius 1 is 0.868 bits per heavy atom. The molecule has 1 unspecified atom stereocenters. The molecule has 1 aromatic heterocycles. The number of carbonyl (C=O) groups excluding carboxylic acids is 2. The minimum atomic E-state index is -2.53. The van der Waals surface area contributed by atoms with Crippen LogP contribution in [0.4, 0.5) is 0 Å². The van der Waals surface area contributed by atoms with Gasteiger partial charge in [0.25, 0.3) is 0 Å². The van der Waals surface area contributed by atoms with E-state index in [0.717, 1.165) is 12.8 Å². The molecule has 0 aromatic carbocycles. The molecule has 1 rings (SSSR count). The van der Waals surface area contributed by atoms with Crippen LogP contribution in [0.15, 0.2) is 24.5 Å². The van der Waals surface area contributed by atoms with E-state index in [9.17, 15) is 14.7 Å². The number of aliphatic hydroxyl groups is 1. The van der Waals surface area contributed by atoms with Gasteiger partial charge in [-0.25, -0.2) is 4.57 Å². The van der Waals surface area contributed by atoms with E-state index in [1.54, 1.807) is 33.5 Å². The van der Waals surface area contributed by atoms with E-state index in [2.05, 4.69) is 0 Å². The van der Waals surface area contributed by atoms with Gasteiger partial charge in [-0.3, -0.25) is 9.59 Å². The quantitative estimate of drug-likeness (QED) is 0.106. The van der Waals surface area contributed by atoms with Gasteiger partial charge in [-0.2, -0.15) is 0 Å². The second kappa shape index (κ2) is 17.6. The predicted molar refractivity (Wildman–Crippen MR) is 145 cm³/mol. The lowest BCUT2D eigenvalue weighted by atomic mass is 9.91. The normalized spacial score (nSPS) is 12.8. The van der Waals surface area contributed by atoms with E-state index in [-0.39, 0.29) is 25.2 Å². The van der Waals surface area contributed by atoms with Crippen molar-refractivity contribution in [2.24, 2.45) is 17.9 Å². The third-order valence-corrected chi connectivity index (χ3v) is 9.38. The van der Waals surface area contributed by atoms with Crippen molar-refractivity contribution < 1.29 is 46.8 Å². The summed E-state index contributed by atoms with van der Waals surface area (Å²) in [6.45, 7) is 12.0. The zero-order valence-electron chi connectivity index (χ0n) is 25.0. The van der Waals surface area contributed by atoms with Crippen LogP contribution in [-0.4, -0.2) is 67.0 Å². The van der Waals surface area contributed by atoms with Crippen LogP contribution in [0.1, 0.15) is 72.7 Å². The number of hydrogen-bond donors (Lipinski definition) is 1. The molecule has 0 fully saturated rings. The van der Waals surface area contributed by atoms with Crippen molar-refractivity contribution in [3.8, 4) is 0 Å². The number of nitrogens with zero attached hydrogens (tertiary/aromatic N) is 1. The van der Waals surface area contributed by atoms with Crippen LogP contribution in [0.3, 0.4) is 0 Å². The monoisotopic (exact) mass is 560 g/mol. The van der Waals surface area contributed by atoms with Crippen LogP contribution >= 0.6 is 0 Å². The van der Waals surface area contributed by atoms with Gasteiger partial charge < -0.3 is 32.6 Å². The van der Waals surface area contributed by atoms with E-state index in [4.69, 9.17) is 27.5 Å². The van der Waals surface area contributed by atoms with Crippen molar-refractivity contribution in [1.82, 2.24) is 0 Å². The van der Waals surface area contributed by atoms with Gasteiger partial charge in [0.2, 0.25) is 0 Å². The van der Waals surface area contributed by atoms with Crippen molar-refractivity contribution in [2.75, 3.05) is 41.2 Å². The maximum Gasteiger partial charge on any atom is 0.500 e. The van der Waals surface area contributed by atoms with Gasteiger partial charge in [-0.1, -0.05) is 13.8 Å². The van der Waals surface area contributed by atoms with E-state index in [1.807, 2.05) is 65.6 Å². The number of hydrogen-bond acceptors (Lipinski definition) is 9. The SMILES string of the molecule is CCC(C)(C)C(=O)OCCC[Si](OC)(OC)OC.CCC(C)(C)C(=O)OCCOC(O)c1cc[n+](C)cc1. The fourth-order valence-corrected chi connectivity index (χ4v) is 4.45. The molecule has 1 aromatic rings. The summed E-state index contributed by atoms with van der Waals surface area (Å²) < 4.78 is 33.3. The number of carbonyl (C=O) groups is 2. The lowest BCUT2D eigenvalue weighted by Gasteiger charge is -2.24. The van der Waals surface area contributed by atoms with Crippen molar-refractivity contribution in [3.05, 3.63) is 30.1 Å². The molecule has 220 valence electrons. The highest BCUT2D eigenvalue weighted by Crippen LogP contribution is 2.23. The molecule has 11 heteroatoms. The molecule has 38 heavy (non-hydrogen) atoms. The minimum Gasteiger partial charge on any atom is -0.465 e. The number of aromatic nitrogens is 1. The maximum atomic E-state index is 11.7. The third-order valence-electron chi connectivity index (χ3n) is 6.55. The van der Waals surface area contributed by atoms with Crippen LogP contribution in [0, 0.1) is 10.8 Å². The highest BCUT2D eigenvalue weighted by Gasteiger charge is 2.37. The minimum absolute atomic E-state index is 0.139. The first kappa shape index (κ1) is 36.1. The molecule has 0 spiro atoms. The van der Waals surface area contributed by atoms with Crippen molar-refractivity contribution in [2.45, 2.75) is 73.1 Å². The molecular weight excluding hydrogens is 510 g/mol.